The lowest BCUT2D eigenvalue weighted by atomic mass is 10.2. The normalized spacial score (nSPS) is 11.8. The Kier molecular flexibility index (Phi) is 4.58. The largest absolute Gasteiger partial charge is 0.395 e. The molecule has 0 aromatic heterocycles. The van der Waals surface area contributed by atoms with Crippen LogP contribution in [0.4, 0.5) is 0 Å². The van der Waals surface area contributed by atoms with Crippen molar-refractivity contribution in [3.05, 3.63) is 27.7 Å². The van der Waals surface area contributed by atoms with Crippen LogP contribution in [0.1, 0.15) is 5.56 Å². The SMILES string of the molecule is Cc1cc(Cl)c(Cl)cc1S(=O)(=O)NCCO. The summed E-state index contributed by atoms with van der Waals surface area (Å²) in [4.78, 5) is 0.0651. The van der Waals surface area contributed by atoms with E-state index in [-0.39, 0.29) is 23.1 Å². The number of hydrogen-bond acceptors (Lipinski definition) is 3. The standard InChI is InChI=1S/C9H11Cl2NO3S/c1-6-4-7(10)8(11)5-9(6)16(14,15)12-2-3-13/h4-5,12-13H,2-3H2,1H3. The highest BCUT2D eigenvalue weighted by Crippen LogP contribution is 2.27. The van der Waals surface area contributed by atoms with E-state index >= 15 is 0 Å². The number of aliphatic hydroxyl groups excluding tert-OH is 1. The van der Waals surface area contributed by atoms with Crippen molar-refractivity contribution >= 4 is 33.2 Å². The molecular formula is C9H11Cl2NO3S. The van der Waals surface area contributed by atoms with Gasteiger partial charge in [0.25, 0.3) is 0 Å². The summed E-state index contributed by atoms with van der Waals surface area (Å²) >= 11 is 11.5. The monoisotopic (exact) mass is 283 g/mol. The van der Waals surface area contributed by atoms with Crippen molar-refractivity contribution in [2.75, 3.05) is 13.2 Å². The van der Waals surface area contributed by atoms with E-state index in [0.29, 0.717) is 10.6 Å². The summed E-state index contributed by atoms with van der Waals surface area (Å²) in [7, 11) is -3.65. The summed E-state index contributed by atoms with van der Waals surface area (Å²) in [5, 5.41) is 9.05. The van der Waals surface area contributed by atoms with Crippen molar-refractivity contribution in [3.63, 3.8) is 0 Å². The lowest BCUT2D eigenvalue weighted by Gasteiger charge is -2.09. The van der Waals surface area contributed by atoms with Crippen LogP contribution >= 0.6 is 23.2 Å². The molecule has 90 valence electrons. The van der Waals surface area contributed by atoms with Gasteiger partial charge in [-0.25, -0.2) is 13.1 Å². The Morgan fingerprint density at radius 1 is 1.31 bits per heavy atom. The van der Waals surface area contributed by atoms with E-state index in [0.717, 1.165) is 0 Å². The van der Waals surface area contributed by atoms with Gasteiger partial charge in [-0.2, -0.15) is 0 Å². The summed E-state index contributed by atoms with van der Waals surface area (Å²) in [6, 6.07) is 2.77. The zero-order valence-electron chi connectivity index (χ0n) is 8.50. The predicted molar refractivity (Wildman–Crippen MR) is 63.5 cm³/mol. The highest BCUT2D eigenvalue weighted by Gasteiger charge is 2.17. The lowest BCUT2D eigenvalue weighted by Crippen LogP contribution is -2.27. The molecule has 4 nitrogen and oxygen atoms in total. The molecule has 0 heterocycles. The van der Waals surface area contributed by atoms with Crippen LogP contribution in [0, 0.1) is 6.92 Å². The minimum Gasteiger partial charge on any atom is -0.395 e. The van der Waals surface area contributed by atoms with E-state index in [4.69, 9.17) is 28.3 Å². The summed E-state index contributed by atoms with van der Waals surface area (Å²) in [5.41, 5.74) is 0.500. The molecule has 1 rings (SSSR count). The molecule has 0 aliphatic carbocycles. The predicted octanol–water partition coefficient (Wildman–Crippen LogP) is 1.57. The first kappa shape index (κ1) is 13.7. The topological polar surface area (TPSA) is 66.4 Å². The minimum atomic E-state index is -3.65. The van der Waals surface area contributed by atoms with E-state index < -0.39 is 10.0 Å². The van der Waals surface area contributed by atoms with Crippen LogP contribution in [0.15, 0.2) is 17.0 Å². The number of halogens is 2. The third kappa shape index (κ3) is 3.09. The van der Waals surface area contributed by atoms with E-state index in [1.807, 2.05) is 0 Å². The number of nitrogens with one attached hydrogen (secondary N) is 1. The average Bonchev–Trinajstić information content (AvgIpc) is 2.20. The Labute approximate surface area is 104 Å². The molecule has 1 aromatic carbocycles. The Morgan fingerprint density at radius 2 is 1.88 bits per heavy atom. The van der Waals surface area contributed by atoms with Crippen LogP contribution < -0.4 is 4.72 Å². The molecule has 0 aliphatic heterocycles. The zero-order chi connectivity index (χ0) is 12.3. The number of sulfonamides is 1. The average molecular weight is 284 g/mol. The van der Waals surface area contributed by atoms with Crippen LogP contribution in [0.25, 0.3) is 0 Å². The molecule has 1 aromatic rings. The molecule has 0 radical (unpaired) electrons. The van der Waals surface area contributed by atoms with Crippen molar-refractivity contribution in [3.8, 4) is 0 Å². The fraction of sp³-hybridized carbons (Fsp3) is 0.333. The van der Waals surface area contributed by atoms with Crippen molar-refractivity contribution in [1.29, 1.82) is 0 Å². The molecule has 7 heteroatoms. The van der Waals surface area contributed by atoms with E-state index in [1.54, 1.807) is 6.92 Å². The first-order valence-corrected chi connectivity index (χ1v) is 6.68. The van der Waals surface area contributed by atoms with Crippen LogP contribution in [-0.4, -0.2) is 26.7 Å². The van der Waals surface area contributed by atoms with E-state index in [9.17, 15) is 8.42 Å². The van der Waals surface area contributed by atoms with Gasteiger partial charge in [0.1, 0.15) is 0 Å². The Hall–Kier alpha value is -0.330. The molecular weight excluding hydrogens is 273 g/mol. The second-order valence-electron chi connectivity index (χ2n) is 3.15. The Morgan fingerprint density at radius 3 is 2.44 bits per heavy atom. The molecule has 0 unspecified atom stereocenters. The number of hydrogen-bond donors (Lipinski definition) is 2. The number of aliphatic hydroxyl groups is 1. The smallest absolute Gasteiger partial charge is 0.240 e. The van der Waals surface area contributed by atoms with E-state index in [1.165, 1.54) is 12.1 Å². The maximum absolute atomic E-state index is 11.8. The van der Waals surface area contributed by atoms with Gasteiger partial charge >= 0.3 is 0 Å². The molecule has 0 aliphatic rings. The number of rotatable bonds is 4. The van der Waals surface area contributed by atoms with Crippen LogP contribution in [0.5, 0.6) is 0 Å². The van der Waals surface area contributed by atoms with Crippen molar-refractivity contribution < 1.29 is 13.5 Å². The highest BCUT2D eigenvalue weighted by molar-refractivity contribution is 7.89. The molecule has 0 fully saturated rings. The van der Waals surface area contributed by atoms with E-state index in [2.05, 4.69) is 4.72 Å². The summed E-state index contributed by atoms with van der Waals surface area (Å²) in [5.74, 6) is 0. The second-order valence-corrected chi connectivity index (χ2v) is 5.70. The van der Waals surface area contributed by atoms with Gasteiger partial charge in [-0.1, -0.05) is 23.2 Å². The van der Waals surface area contributed by atoms with Crippen molar-refractivity contribution in [2.24, 2.45) is 0 Å². The molecule has 0 atom stereocenters. The summed E-state index contributed by atoms with van der Waals surface area (Å²) in [6.07, 6.45) is 0. The molecule has 0 bridgehead atoms. The molecule has 16 heavy (non-hydrogen) atoms. The van der Waals surface area contributed by atoms with Gasteiger partial charge in [-0.05, 0) is 24.6 Å². The van der Waals surface area contributed by atoms with Gasteiger partial charge in [0.2, 0.25) is 10.0 Å². The molecule has 0 spiro atoms. The zero-order valence-corrected chi connectivity index (χ0v) is 10.8. The molecule has 0 saturated heterocycles. The van der Waals surface area contributed by atoms with Gasteiger partial charge in [0.15, 0.2) is 0 Å². The quantitative estimate of drug-likeness (QED) is 0.882. The van der Waals surface area contributed by atoms with Crippen LogP contribution in [0.2, 0.25) is 10.0 Å². The Bertz CT molecular complexity index is 488. The van der Waals surface area contributed by atoms with Gasteiger partial charge < -0.3 is 5.11 Å². The molecule has 0 saturated carbocycles. The third-order valence-electron chi connectivity index (χ3n) is 1.91. The van der Waals surface area contributed by atoms with Gasteiger partial charge in [-0.15, -0.1) is 0 Å². The fourth-order valence-electron chi connectivity index (χ4n) is 1.18. The highest BCUT2D eigenvalue weighted by atomic mass is 35.5. The summed E-state index contributed by atoms with van der Waals surface area (Å²) < 4.78 is 25.7. The first-order valence-electron chi connectivity index (χ1n) is 4.44. The summed E-state index contributed by atoms with van der Waals surface area (Å²) in [6.45, 7) is 1.32. The third-order valence-corrected chi connectivity index (χ3v) is 4.24. The van der Waals surface area contributed by atoms with Crippen LogP contribution in [0.3, 0.4) is 0 Å². The number of benzene rings is 1. The van der Waals surface area contributed by atoms with Crippen molar-refractivity contribution in [2.45, 2.75) is 11.8 Å². The maximum Gasteiger partial charge on any atom is 0.240 e. The van der Waals surface area contributed by atoms with Crippen LogP contribution in [-0.2, 0) is 10.0 Å². The van der Waals surface area contributed by atoms with Crippen molar-refractivity contribution in [1.82, 2.24) is 4.72 Å². The molecule has 2 N–H and O–H groups in total. The minimum absolute atomic E-state index is 0.0397. The van der Waals surface area contributed by atoms with Gasteiger partial charge in [0, 0.05) is 6.54 Å². The number of aryl methyl sites for hydroxylation is 1. The van der Waals surface area contributed by atoms with Gasteiger partial charge in [0.05, 0.1) is 21.5 Å². The fourth-order valence-corrected chi connectivity index (χ4v) is 2.89. The molecule has 0 amide bonds. The maximum atomic E-state index is 11.8. The Balaban J connectivity index is 3.18. The van der Waals surface area contributed by atoms with Gasteiger partial charge in [-0.3, -0.25) is 0 Å². The second kappa shape index (κ2) is 5.33. The first-order chi connectivity index (χ1) is 7.38. The lowest BCUT2D eigenvalue weighted by molar-refractivity contribution is 0.301.